The van der Waals surface area contributed by atoms with Gasteiger partial charge >= 0.3 is 0 Å². The van der Waals surface area contributed by atoms with Crippen LogP contribution in [0.15, 0.2) is 12.1 Å². The van der Waals surface area contributed by atoms with Gasteiger partial charge in [-0.05, 0) is 32.0 Å². The van der Waals surface area contributed by atoms with Crippen molar-refractivity contribution in [1.82, 2.24) is 15.5 Å². The summed E-state index contributed by atoms with van der Waals surface area (Å²) in [5.74, 6) is -1.27. The molecule has 0 bridgehead atoms. The van der Waals surface area contributed by atoms with Crippen molar-refractivity contribution in [3.05, 3.63) is 33.8 Å². The predicted octanol–water partition coefficient (Wildman–Crippen LogP) is 4.20. The fraction of sp³-hybridized carbons (Fsp3) is 0.385. The highest BCUT2D eigenvalue weighted by molar-refractivity contribution is 7.14. The van der Waals surface area contributed by atoms with Gasteiger partial charge in [0.2, 0.25) is 0 Å². The molecule has 1 heterocycles. The number of aromatic nitrogens is 2. The third kappa shape index (κ3) is 3.31. The van der Waals surface area contributed by atoms with E-state index in [1.807, 2.05) is 6.92 Å². The van der Waals surface area contributed by atoms with Crippen LogP contribution in [-0.2, 0) is 0 Å². The first-order valence-electron chi connectivity index (χ1n) is 6.24. The minimum Gasteiger partial charge on any atom is -0.308 e. The average molecular weight is 318 g/mol. The molecule has 20 heavy (non-hydrogen) atoms. The molecule has 1 unspecified atom stereocenters. The highest BCUT2D eigenvalue weighted by atomic mass is 35.5. The van der Waals surface area contributed by atoms with Crippen molar-refractivity contribution in [3.8, 4) is 10.6 Å². The lowest BCUT2D eigenvalue weighted by Crippen LogP contribution is -2.18. The van der Waals surface area contributed by atoms with Crippen molar-refractivity contribution >= 4 is 22.9 Å². The standard InChI is InChI=1S/C13H14ClF2N3S/c1-3-4-17-7(2)12-18-19-13(20-12)8-5-11(16)9(14)6-10(8)15/h5-7,17H,3-4H2,1-2H3. The Morgan fingerprint density at radius 3 is 2.75 bits per heavy atom. The first-order valence-corrected chi connectivity index (χ1v) is 7.44. The summed E-state index contributed by atoms with van der Waals surface area (Å²) in [6.07, 6.45) is 1.01. The molecule has 0 aliphatic rings. The highest BCUT2D eigenvalue weighted by Gasteiger charge is 2.17. The van der Waals surface area contributed by atoms with E-state index in [2.05, 4.69) is 22.4 Å². The minimum absolute atomic E-state index is 0.0291. The molecule has 108 valence electrons. The maximum Gasteiger partial charge on any atom is 0.150 e. The van der Waals surface area contributed by atoms with E-state index in [1.165, 1.54) is 11.3 Å². The molecule has 1 N–H and O–H groups in total. The smallest absolute Gasteiger partial charge is 0.150 e. The molecule has 0 saturated heterocycles. The van der Waals surface area contributed by atoms with E-state index < -0.39 is 11.6 Å². The third-order valence-corrected chi connectivity index (χ3v) is 4.18. The van der Waals surface area contributed by atoms with Gasteiger partial charge in [0.1, 0.15) is 16.6 Å². The van der Waals surface area contributed by atoms with Gasteiger partial charge in [0.25, 0.3) is 0 Å². The normalized spacial score (nSPS) is 12.7. The number of hydrogen-bond donors (Lipinski definition) is 1. The van der Waals surface area contributed by atoms with Gasteiger partial charge in [0, 0.05) is 0 Å². The molecule has 7 heteroatoms. The van der Waals surface area contributed by atoms with E-state index in [-0.39, 0.29) is 16.6 Å². The number of nitrogens with zero attached hydrogens (tertiary/aromatic N) is 2. The van der Waals surface area contributed by atoms with Gasteiger partial charge in [0.05, 0.1) is 16.6 Å². The second kappa shape index (κ2) is 6.56. The summed E-state index contributed by atoms with van der Waals surface area (Å²) >= 11 is 6.77. The van der Waals surface area contributed by atoms with Crippen LogP contribution in [0.4, 0.5) is 8.78 Å². The molecule has 1 atom stereocenters. The van der Waals surface area contributed by atoms with E-state index in [0.717, 1.165) is 30.1 Å². The van der Waals surface area contributed by atoms with Gasteiger partial charge in [-0.2, -0.15) is 0 Å². The van der Waals surface area contributed by atoms with Gasteiger partial charge in [-0.1, -0.05) is 29.9 Å². The van der Waals surface area contributed by atoms with E-state index in [4.69, 9.17) is 11.6 Å². The molecule has 0 amide bonds. The number of nitrogens with one attached hydrogen (secondary N) is 1. The van der Waals surface area contributed by atoms with Crippen LogP contribution in [0.3, 0.4) is 0 Å². The zero-order valence-electron chi connectivity index (χ0n) is 11.1. The van der Waals surface area contributed by atoms with Crippen LogP contribution in [0, 0.1) is 11.6 Å². The Morgan fingerprint density at radius 1 is 1.30 bits per heavy atom. The lowest BCUT2D eigenvalue weighted by atomic mass is 10.2. The topological polar surface area (TPSA) is 37.8 Å². The molecule has 0 radical (unpaired) electrons. The summed E-state index contributed by atoms with van der Waals surface area (Å²) in [4.78, 5) is 0. The maximum absolute atomic E-state index is 13.8. The molecule has 0 aliphatic heterocycles. The van der Waals surface area contributed by atoms with Crippen molar-refractivity contribution in [3.63, 3.8) is 0 Å². The third-order valence-electron chi connectivity index (χ3n) is 2.75. The summed E-state index contributed by atoms with van der Waals surface area (Å²) in [6, 6.07) is 2.03. The van der Waals surface area contributed by atoms with Crippen molar-refractivity contribution in [2.24, 2.45) is 0 Å². The highest BCUT2D eigenvalue weighted by Crippen LogP contribution is 2.31. The van der Waals surface area contributed by atoms with Crippen LogP contribution in [0.1, 0.15) is 31.3 Å². The van der Waals surface area contributed by atoms with Crippen molar-refractivity contribution in [2.75, 3.05) is 6.54 Å². The predicted molar refractivity (Wildman–Crippen MR) is 77.0 cm³/mol. The summed E-state index contributed by atoms with van der Waals surface area (Å²) < 4.78 is 27.2. The van der Waals surface area contributed by atoms with Gasteiger partial charge in [-0.15, -0.1) is 10.2 Å². The molecule has 2 rings (SSSR count). The zero-order chi connectivity index (χ0) is 14.7. The summed E-state index contributed by atoms with van der Waals surface area (Å²) in [7, 11) is 0. The van der Waals surface area contributed by atoms with Crippen LogP contribution in [0.2, 0.25) is 5.02 Å². The molecule has 0 aliphatic carbocycles. The van der Waals surface area contributed by atoms with Gasteiger partial charge in [0.15, 0.2) is 5.01 Å². The summed E-state index contributed by atoms with van der Waals surface area (Å²) in [5.41, 5.74) is 0.0818. The first kappa shape index (κ1) is 15.3. The molecule has 0 spiro atoms. The van der Waals surface area contributed by atoms with Crippen LogP contribution in [0.5, 0.6) is 0 Å². The van der Waals surface area contributed by atoms with Crippen LogP contribution in [0.25, 0.3) is 10.6 Å². The lowest BCUT2D eigenvalue weighted by Gasteiger charge is -2.08. The lowest BCUT2D eigenvalue weighted by molar-refractivity contribution is 0.564. The van der Waals surface area contributed by atoms with Gasteiger partial charge in [-0.3, -0.25) is 0 Å². The van der Waals surface area contributed by atoms with E-state index in [0.29, 0.717) is 5.01 Å². The second-order valence-corrected chi connectivity index (χ2v) is 5.78. The average Bonchev–Trinajstić information content (AvgIpc) is 2.89. The van der Waals surface area contributed by atoms with Crippen LogP contribution in [-0.4, -0.2) is 16.7 Å². The van der Waals surface area contributed by atoms with Crippen molar-refractivity contribution in [1.29, 1.82) is 0 Å². The molecule has 1 aromatic heterocycles. The van der Waals surface area contributed by atoms with Gasteiger partial charge < -0.3 is 5.32 Å². The Bertz CT molecular complexity index is 603. The second-order valence-electron chi connectivity index (χ2n) is 4.37. The number of hydrogen-bond acceptors (Lipinski definition) is 4. The van der Waals surface area contributed by atoms with E-state index in [9.17, 15) is 8.78 Å². The van der Waals surface area contributed by atoms with Gasteiger partial charge in [-0.25, -0.2) is 8.78 Å². The Morgan fingerprint density at radius 2 is 2.05 bits per heavy atom. The zero-order valence-corrected chi connectivity index (χ0v) is 12.7. The van der Waals surface area contributed by atoms with E-state index >= 15 is 0 Å². The SMILES string of the molecule is CCCNC(C)c1nnc(-c2cc(F)c(Cl)cc2F)s1. The minimum atomic E-state index is -0.669. The van der Waals surface area contributed by atoms with Crippen LogP contribution < -0.4 is 5.32 Å². The van der Waals surface area contributed by atoms with Crippen molar-refractivity contribution < 1.29 is 8.78 Å². The Balaban J connectivity index is 2.27. The van der Waals surface area contributed by atoms with Crippen LogP contribution >= 0.6 is 22.9 Å². The molecule has 3 nitrogen and oxygen atoms in total. The molecule has 0 fully saturated rings. The van der Waals surface area contributed by atoms with E-state index in [1.54, 1.807) is 0 Å². The molecule has 2 aromatic rings. The fourth-order valence-corrected chi connectivity index (χ4v) is 2.69. The summed E-state index contributed by atoms with van der Waals surface area (Å²) in [6.45, 7) is 4.88. The quantitative estimate of drug-likeness (QED) is 0.840. The summed E-state index contributed by atoms with van der Waals surface area (Å²) in [5, 5.41) is 12.1. The fourth-order valence-electron chi connectivity index (χ4n) is 1.65. The molecular weight excluding hydrogens is 304 g/mol. The monoisotopic (exact) mass is 317 g/mol. The number of benzene rings is 1. The maximum atomic E-state index is 13.8. The Hall–Kier alpha value is -1.11. The van der Waals surface area contributed by atoms with Crippen molar-refractivity contribution in [2.45, 2.75) is 26.3 Å². The molecular formula is C13H14ClF2N3S. The first-order chi connectivity index (χ1) is 9.52. The Kier molecular flexibility index (Phi) is 5.01. The Labute approximate surface area is 125 Å². The number of halogens is 3. The largest absolute Gasteiger partial charge is 0.308 e. The number of rotatable bonds is 5. The molecule has 0 saturated carbocycles. The molecule has 1 aromatic carbocycles.